The molecule has 0 bridgehead atoms. The van der Waals surface area contributed by atoms with Crippen molar-refractivity contribution in [2.24, 2.45) is 5.92 Å². The molecule has 0 unspecified atom stereocenters. The standard InChI is InChI=1S/C19H14F13NO3/c1-9(12(34)33-11(8-36-13(33)35)7-10-5-3-2-4-6-10)14(20,21)15(22,23)16(24,25)17(26,27)18(28,29)19(30,31)32/h2-6,9,11H,7-8H2,1H3/t9-,11-/m0/s1. The maximum absolute atomic E-state index is 14.4. The predicted octanol–water partition coefficient (Wildman–Crippen LogP) is 5.95. The van der Waals surface area contributed by atoms with Crippen molar-refractivity contribution in [3.8, 4) is 0 Å². The van der Waals surface area contributed by atoms with E-state index in [1.165, 1.54) is 30.3 Å². The van der Waals surface area contributed by atoms with Crippen LogP contribution in [0.2, 0.25) is 0 Å². The van der Waals surface area contributed by atoms with Gasteiger partial charge in [0.2, 0.25) is 5.91 Å². The van der Waals surface area contributed by atoms with Gasteiger partial charge >= 0.3 is 41.9 Å². The van der Waals surface area contributed by atoms with Gasteiger partial charge in [-0.25, -0.2) is 9.69 Å². The van der Waals surface area contributed by atoms with Gasteiger partial charge in [-0.3, -0.25) is 4.79 Å². The van der Waals surface area contributed by atoms with E-state index in [0.29, 0.717) is 5.56 Å². The van der Waals surface area contributed by atoms with Gasteiger partial charge in [-0.05, 0) is 18.9 Å². The summed E-state index contributed by atoms with van der Waals surface area (Å²) in [6, 6.07) is 5.84. The SMILES string of the molecule is C[C@@H](C(=O)N1C(=O)OC[C@@H]1Cc1ccccc1)C(F)(F)C(F)(F)C(F)(F)C(F)(F)C(F)(F)C(F)(F)F. The number of imide groups is 1. The van der Waals surface area contributed by atoms with Crippen LogP contribution in [0.5, 0.6) is 0 Å². The molecule has 2 amide bonds. The Morgan fingerprint density at radius 3 is 1.81 bits per heavy atom. The van der Waals surface area contributed by atoms with E-state index in [-0.39, 0.29) is 18.2 Å². The minimum absolute atomic E-state index is 0.178. The molecule has 204 valence electrons. The molecule has 1 fully saturated rings. The summed E-state index contributed by atoms with van der Waals surface area (Å²) in [6.07, 6.45) is -9.57. The Hall–Kier alpha value is -2.75. The first-order valence-electron chi connectivity index (χ1n) is 9.55. The third-order valence-corrected chi connectivity index (χ3v) is 5.38. The van der Waals surface area contributed by atoms with Crippen molar-refractivity contribution in [1.82, 2.24) is 4.90 Å². The van der Waals surface area contributed by atoms with Crippen LogP contribution in [-0.2, 0) is 16.0 Å². The monoisotopic (exact) mass is 551 g/mol. The van der Waals surface area contributed by atoms with Gasteiger partial charge in [0.25, 0.3) is 0 Å². The highest BCUT2D eigenvalue weighted by Gasteiger charge is 2.91. The molecule has 0 aromatic heterocycles. The van der Waals surface area contributed by atoms with Crippen LogP contribution >= 0.6 is 0 Å². The fourth-order valence-electron chi connectivity index (χ4n) is 3.18. The fraction of sp³-hybridized carbons (Fsp3) is 0.579. The maximum atomic E-state index is 14.4. The van der Waals surface area contributed by atoms with Crippen molar-refractivity contribution in [3.63, 3.8) is 0 Å². The third-order valence-electron chi connectivity index (χ3n) is 5.38. The highest BCUT2D eigenvalue weighted by molar-refractivity contribution is 5.95. The Labute approximate surface area is 193 Å². The quantitative estimate of drug-likeness (QED) is 0.376. The second kappa shape index (κ2) is 8.97. The summed E-state index contributed by atoms with van der Waals surface area (Å²) in [4.78, 5) is 24.1. The molecular formula is C19H14F13NO3. The van der Waals surface area contributed by atoms with E-state index in [1.54, 1.807) is 0 Å². The first-order valence-corrected chi connectivity index (χ1v) is 9.55. The van der Waals surface area contributed by atoms with Crippen LogP contribution in [0.4, 0.5) is 61.9 Å². The Morgan fingerprint density at radius 2 is 1.33 bits per heavy atom. The summed E-state index contributed by atoms with van der Waals surface area (Å²) in [7, 11) is 0. The second-order valence-electron chi connectivity index (χ2n) is 7.77. The van der Waals surface area contributed by atoms with E-state index in [2.05, 4.69) is 4.74 Å². The number of hydrogen-bond donors (Lipinski definition) is 0. The molecular weight excluding hydrogens is 537 g/mol. The van der Waals surface area contributed by atoms with E-state index in [1.807, 2.05) is 0 Å². The lowest BCUT2D eigenvalue weighted by Crippen LogP contribution is -2.71. The van der Waals surface area contributed by atoms with Crippen LogP contribution in [0.25, 0.3) is 0 Å². The Balaban J connectivity index is 2.43. The van der Waals surface area contributed by atoms with Crippen molar-refractivity contribution in [1.29, 1.82) is 0 Å². The molecule has 1 aliphatic heterocycles. The molecule has 0 N–H and O–H groups in total. The summed E-state index contributed by atoms with van der Waals surface area (Å²) in [5, 5.41) is 0. The summed E-state index contributed by atoms with van der Waals surface area (Å²) in [6.45, 7) is -0.905. The second-order valence-corrected chi connectivity index (χ2v) is 7.77. The van der Waals surface area contributed by atoms with E-state index in [4.69, 9.17) is 0 Å². The first kappa shape index (κ1) is 29.5. The van der Waals surface area contributed by atoms with Crippen molar-refractivity contribution < 1.29 is 71.4 Å². The number of alkyl halides is 13. The predicted molar refractivity (Wildman–Crippen MR) is 92.1 cm³/mol. The number of ether oxygens (including phenoxy) is 1. The van der Waals surface area contributed by atoms with E-state index < -0.39 is 66.4 Å². The van der Waals surface area contributed by atoms with Crippen LogP contribution in [0, 0.1) is 5.92 Å². The zero-order chi connectivity index (χ0) is 28.1. The molecule has 17 heteroatoms. The zero-order valence-corrected chi connectivity index (χ0v) is 17.5. The molecule has 36 heavy (non-hydrogen) atoms. The highest BCUT2D eigenvalue weighted by Crippen LogP contribution is 2.61. The molecule has 0 saturated carbocycles. The summed E-state index contributed by atoms with van der Waals surface area (Å²) in [5.41, 5.74) is 0.351. The number of carbonyl (C=O) groups excluding carboxylic acids is 2. The molecule has 2 rings (SSSR count). The van der Waals surface area contributed by atoms with Gasteiger partial charge < -0.3 is 4.74 Å². The molecule has 4 nitrogen and oxygen atoms in total. The van der Waals surface area contributed by atoms with Gasteiger partial charge in [-0.1, -0.05) is 30.3 Å². The number of nitrogens with zero attached hydrogens (tertiary/aromatic N) is 1. The van der Waals surface area contributed by atoms with E-state index in [9.17, 15) is 66.7 Å². The third kappa shape index (κ3) is 4.33. The van der Waals surface area contributed by atoms with E-state index >= 15 is 0 Å². The number of benzene rings is 1. The fourth-order valence-corrected chi connectivity index (χ4v) is 3.18. The molecule has 0 radical (unpaired) electrons. The van der Waals surface area contributed by atoms with Crippen molar-refractivity contribution >= 4 is 12.0 Å². The van der Waals surface area contributed by atoms with Gasteiger partial charge in [-0.15, -0.1) is 0 Å². The van der Waals surface area contributed by atoms with Crippen molar-refractivity contribution in [2.45, 2.75) is 55.2 Å². The number of amides is 2. The number of rotatable bonds is 8. The number of hydrogen-bond acceptors (Lipinski definition) is 3. The van der Waals surface area contributed by atoms with Gasteiger partial charge in [0, 0.05) is 0 Å². The Morgan fingerprint density at radius 1 is 0.861 bits per heavy atom. The first-order chi connectivity index (χ1) is 16.1. The minimum atomic E-state index is -8.09. The molecule has 0 spiro atoms. The highest BCUT2D eigenvalue weighted by atomic mass is 19.4. The minimum Gasteiger partial charge on any atom is -0.447 e. The maximum Gasteiger partial charge on any atom is 0.460 e. The molecule has 0 aliphatic carbocycles. The van der Waals surface area contributed by atoms with Gasteiger partial charge in [0.15, 0.2) is 0 Å². The molecule has 1 saturated heterocycles. The van der Waals surface area contributed by atoms with Crippen LogP contribution in [0.3, 0.4) is 0 Å². The summed E-state index contributed by atoms with van der Waals surface area (Å²) < 4.78 is 178. The zero-order valence-electron chi connectivity index (χ0n) is 17.5. The summed E-state index contributed by atoms with van der Waals surface area (Å²) >= 11 is 0. The van der Waals surface area contributed by atoms with Crippen LogP contribution < -0.4 is 0 Å². The molecule has 1 heterocycles. The number of carbonyl (C=O) groups is 2. The lowest BCUT2D eigenvalue weighted by molar-refractivity contribution is -0.442. The molecule has 1 aliphatic rings. The average Bonchev–Trinajstić information content (AvgIpc) is 3.11. The van der Waals surface area contributed by atoms with Crippen molar-refractivity contribution in [3.05, 3.63) is 35.9 Å². The van der Waals surface area contributed by atoms with Gasteiger partial charge in [0.05, 0.1) is 6.04 Å². The smallest absolute Gasteiger partial charge is 0.447 e. The lowest BCUT2D eigenvalue weighted by Gasteiger charge is -2.41. The van der Waals surface area contributed by atoms with Crippen molar-refractivity contribution in [2.75, 3.05) is 6.61 Å². The topological polar surface area (TPSA) is 46.6 Å². The van der Waals surface area contributed by atoms with Gasteiger partial charge in [-0.2, -0.15) is 57.1 Å². The molecule has 2 atom stereocenters. The number of cyclic esters (lactones) is 1. The number of halogens is 13. The van der Waals surface area contributed by atoms with Crippen LogP contribution in [0.1, 0.15) is 12.5 Å². The largest absolute Gasteiger partial charge is 0.460 e. The summed E-state index contributed by atoms with van der Waals surface area (Å²) in [5.74, 6) is -44.5. The van der Waals surface area contributed by atoms with E-state index in [0.717, 1.165) is 0 Å². The molecule has 1 aromatic rings. The van der Waals surface area contributed by atoms with Gasteiger partial charge in [0.1, 0.15) is 12.5 Å². The van der Waals surface area contributed by atoms with Crippen LogP contribution in [-0.4, -0.2) is 65.3 Å². The normalized spacial score (nSPS) is 19.3. The molecule has 1 aromatic carbocycles. The van der Waals surface area contributed by atoms with Crippen LogP contribution in [0.15, 0.2) is 30.3 Å². The average molecular weight is 551 g/mol. The Kier molecular flexibility index (Phi) is 7.35. The Bertz CT molecular complexity index is 979. The lowest BCUT2D eigenvalue weighted by atomic mass is 9.87.